The van der Waals surface area contributed by atoms with Crippen LogP contribution in [0.2, 0.25) is 0 Å². The van der Waals surface area contributed by atoms with Crippen molar-refractivity contribution < 1.29 is 0 Å². The monoisotopic (exact) mass is 233 g/mol. The second-order valence-corrected chi connectivity index (χ2v) is 3.50. The third kappa shape index (κ3) is 2.22. The SMILES string of the molecule is CCc1n[nH]c(=S)n1/N=C\c1ccccn1. The Bertz CT molecular complexity index is 540. The van der Waals surface area contributed by atoms with E-state index in [1.807, 2.05) is 25.1 Å². The van der Waals surface area contributed by atoms with E-state index >= 15 is 0 Å². The number of nitrogens with zero attached hydrogens (tertiary/aromatic N) is 4. The summed E-state index contributed by atoms with van der Waals surface area (Å²) in [7, 11) is 0. The van der Waals surface area contributed by atoms with Crippen LogP contribution in [0.4, 0.5) is 0 Å². The Hall–Kier alpha value is -1.82. The Morgan fingerprint density at radius 3 is 3.12 bits per heavy atom. The maximum Gasteiger partial charge on any atom is 0.216 e. The molecule has 2 rings (SSSR count). The molecule has 0 aliphatic heterocycles. The molecule has 6 heteroatoms. The van der Waals surface area contributed by atoms with Gasteiger partial charge >= 0.3 is 0 Å². The largest absolute Gasteiger partial charge is 0.255 e. The van der Waals surface area contributed by atoms with Gasteiger partial charge in [-0.05, 0) is 24.4 Å². The Morgan fingerprint density at radius 2 is 2.44 bits per heavy atom. The average Bonchev–Trinajstić information content (AvgIpc) is 2.69. The molecule has 16 heavy (non-hydrogen) atoms. The van der Waals surface area contributed by atoms with Crippen LogP contribution < -0.4 is 0 Å². The minimum absolute atomic E-state index is 0.490. The van der Waals surface area contributed by atoms with Gasteiger partial charge in [-0.1, -0.05) is 13.0 Å². The summed E-state index contributed by atoms with van der Waals surface area (Å²) >= 11 is 5.07. The van der Waals surface area contributed by atoms with E-state index in [9.17, 15) is 0 Å². The highest BCUT2D eigenvalue weighted by atomic mass is 32.1. The van der Waals surface area contributed by atoms with Gasteiger partial charge in [0.25, 0.3) is 0 Å². The van der Waals surface area contributed by atoms with Gasteiger partial charge < -0.3 is 0 Å². The van der Waals surface area contributed by atoms with Crippen LogP contribution >= 0.6 is 12.2 Å². The number of aromatic nitrogens is 4. The highest BCUT2D eigenvalue weighted by Crippen LogP contribution is 1.98. The summed E-state index contributed by atoms with van der Waals surface area (Å²) in [4.78, 5) is 4.14. The Balaban J connectivity index is 2.30. The molecule has 0 fully saturated rings. The Labute approximate surface area is 97.9 Å². The fraction of sp³-hybridized carbons (Fsp3) is 0.200. The van der Waals surface area contributed by atoms with Crippen molar-refractivity contribution in [1.82, 2.24) is 19.9 Å². The van der Waals surface area contributed by atoms with Gasteiger partial charge in [-0.2, -0.15) is 14.9 Å². The maximum atomic E-state index is 5.07. The number of hydrogen-bond acceptors (Lipinski definition) is 4. The average molecular weight is 233 g/mol. The van der Waals surface area contributed by atoms with E-state index in [1.54, 1.807) is 17.1 Å². The second kappa shape index (κ2) is 4.80. The first kappa shape index (κ1) is 10.7. The molecule has 0 atom stereocenters. The molecule has 5 nitrogen and oxygen atoms in total. The van der Waals surface area contributed by atoms with Crippen molar-refractivity contribution in [3.8, 4) is 0 Å². The van der Waals surface area contributed by atoms with Gasteiger partial charge in [-0.3, -0.25) is 10.1 Å². The van der Waals surface area contributed by atoms with Crippen LogP contribution in [0.1, 0.15) is 18.4 Å². The molecule has 0 saturated carbocycles. The van der Waals surface area contributed by atoms with Gasteiger partial charge in [0.15, 0.2) is 5.82 Å². The summed E-state index contributed by atoms with van der Waals surface area (Å²) in [6.07, 6.45) is 4.15. The number of hydrogen-bond donors (Lipinski definition) is 1. The molecule has 82 valence electrons. The van der Waals surface area contributed by atoms with Gasteiger partial charge in [-0.25, -0.2) is 0 Å². The molecule has 0 unspecified atom stereocenters. The maximum absolute atomic E-state index is 5.07. The molecule has 0 aliphatic carbocycles. The summed E-state index contributed by atoms with van der Waals surface area (Å²) in [6, 6.07) is 5.64. The summed E-state index contributed by atoms with van der Waals surface area (Å²) in [6.45, 7) is 2.00. The third-order valence-corrected chi connectivity index (χ3v) is 2.29. The van der Waals surface area contributed by atoms with E-state index in [1.165, 1.54) is 0 Å². The van der Waals surface area contributed by atoms with Gasteiger partial charge in [0.05, 0.1) is 11.9 Å². The first-order valence-corrected chi connectivity index (χ1v) is 5.33. The smallest absolute Gasteiger partial charge is 0.216 e. The Morgan fingerprint density at radius 1 is 1.56 bits per heavy atom. The normalized spacial score (nSPS) is 11.1. The number of nitrogens with one attached hydrogen (secondary N) is 1. The highest BCUT2D eigenvalue weighted by Gasteiger charge is 2.00. The molecule has 0 aliphatic rings. The standard InChI is InChI=1S/C10H11N5S/c1-2-9-13-14-10(16)15(9)12-7-8-5-3-4-6-11-8/h3-7H,2H2,1H3,(H,14,16)/b12-7-. The lowest BCUT2D eigenvalue weighted by molar-refractivity contribution is 0.779. The van der Waals surface area contributed by atoms with Crippen molar-refractivity contribution in [1.29, 1.82) is 0 Å². The predicted molar refractivity (Wildman–Crippen MR) is 64.0 cm³/mol. The van der Waals surface area contributed by atoms with Crippen LogP contribution in [-0.4, -0.2) is 26.1 Å². The van der Waals surface area contributed by atoms with E-state index in [-0.39, 0.29) is 0 Å². The van der Waals surface area contributed by atoms with Crippen LogP contribution in [0, 0.1) is 4.77 Å². The molecule has 2 aromatic rings. The van der Waals surface area contributed by atoms with Gasteiger partial charge in [0, 0.05) is 12.6 Å². The summed E-state index contributed by atoms with van der Waals surface area (Å²) < 4.78 is 2.09. The van der Waals surface area contributed by atoms with Crippen LogP contribution in [0.25, 0.3) is 0 Å². The third-order valence-electron chi connectivity index (χ3n) is 2.03. The molecule has 2 heterocycles. The fourth-order valence-corrected chi connectivity index (χ4v) is 1.44. The molecule has 0 spiro atoms. The molecule has 0 saturated heterocycles. The van der Waals surface area contributed by atoms with E-state index < -0.39 is 0 Å². The number of aryl methyl sites for hydroxylation is 1. The number of pyridine rings is 1. The van der Waals surface area contributed by atoms with Crippen LogP contribution in [0.5, 0.6) is 0 Å². The Kier molecular flexibility index (Phi) is 3.21. The lowest BCUT2D eigenvalue weighted by atomic mass is 10.4. The molecule has 0 radical (unpaired) electrons. The molecule has 0 amide bonds. The van der Waals surface area contributed by atoms with Gasteiger partial charge in [0.1, 0.15) is 0 Å². The first-order valence-electron chi connectivity index (χ1n) is 4.93. The number of rotatable bonds is 3. The molecule has 2 aromatic heterocycles. The quantitative estimate of drug-likeness (QED) is 0.649. The molecule has 1 N–H and O–H groups in total. The lowest BCUT2D eigenvalue weighted by Gasteiger charge is -1.95. The minimum atomic E-state index is 0.490. The van der Waals surface area contributed by atoms with Crippen molar-refractivity contribution in [2.75, 3.05) is 0 Å². The topological polar surface area (TPSA) is 58.9 Å². The van der Waals surface area contributed by atoms with Gasteiger partial charge in [0.2, 0.25) is 4.77 Å². The summed E-state index contributed by atoms with van der Waals surface area (Å²) in [5, 5.41) is 11.0. The van der Waals surface area contributed by atoms with Crippen molar-refractivity contribution >= 4 is 18.4 Å². The van der Waals surface area contributed by atoms with Gasteiger partial charge in [-0.15, -0.1) is 0 Å². The van der Waals surface area contributed by atoms with Crippen LogP contribution in [-0.2, 0) is 6.42 Å². The zero-order valence-corrected chi connectivity index (χ0v) is 9.61. The summed E-state index contributed by atoms with van der Waals surface area (Å²) in [5.74, 6) is 0.803. The number of H-pyrrole nitrogens is 1. The van der Waals surface area contributed by atoms with E-state index in [0.29, 0.717) is 4.77 Å². The zero-order chi connectivity index (χ0) is 11.4. The molecular weight excluding hydrogens is 222 g/mol. The molecule has 0 aromatic carbocycles. The fourth-order valence-electron chi connectivity index (χ4n) is 1.24. The van der Waals surface area contributed by atoms with E-state index in [4.69, 9.17) is 12.2 Å². The van der Waals surface area contributed by atoms with Crippen LogP contribution in [0.15, 0.2) is 29.5 Å². The second-order valence-electron chi connectivity index (χ2n) is 3.11. The minimum Gasteiger partial charge on any atom is -0.255 e. The van der Waals surface area contributed by atoms with Crippen molar-refractivity contribution in [2.24, 2.45) is 5.10 Å². The van der Waals surface area contributed by atoms with Crippen LogP contribution in [0.3, 0.4) is 0 Å². The first-order chi connectivity index (χ1) is 7.81. The predicted octanol–water partition coefficient (Wildman–Crippen LogP) is 1.78. The van der Waals surface area contributed by atoms with Crippen molar-refractivity contribution in [3.05, 3.63) is 40.7 Å². The summed E-state index contributed by atoms with van der Waals surface area (Å²) in [5.41, 5.74) is 0.785. The van der Waals surface area contributed by atoms with Crippen molar-refractivity contribution in [3.63, 3.8) is 0 Å². The zero-order valence-electron chi connectivity index (χ0n) is 8.79. The number of aromatic amines is 1. The molecular formula is C10H11N5S. The van der Waals surface area contributed by atoms with E-state index in [2.05, 4.69) is 20.3 Å². The van der Waals surface area contributed by atoms with E-state index in [0.717, 1.165) is 17.9 Å². The lowest BCUT2D eigenvalue weighted by Crippen LogP contribution is -1.97. The highest BCUT2D eigenvalue weighted by molar-refractivity contribution is 7.71. The van der Waals surface area contributed by atoms with Crippen molar-refractivity contribution in [2.45, 2.75) is 13.3 Å². The molecule has 0 bridgehead atoms.